The first kappa shape index (κ1) is 9.99. The smallest absolute Gasteiger partial charge is 0.225 e. The molecule has 2 aliphatic heterocycles. The first-order chi connectivity index (χ1) is 7.92. The Morgan fingerprint density at radius 1 is 1.19 bits per heavy atom. The second kappa shape index (κ2) is 4.35. The van der Waals surface area contributed by atoms with Crippen molar-refractivity contribution in [1.29, 1.82) is 0 Å². The molecule has 1 atom stereocenters. The van der Waals surface area contributed by atoms with Gasteiger partial charge in [0.2, 0.25) is 5.95 Å². The van der Waals surface area contributed by atoms with E-state index in [-0.39, 0.29) is 0 Å². The molecule has 3 rings (SSSR count). The summed E-state index contributed by atoms with van der Waals surface area (Å²) in [6.07, 6.45) is 4.10. The molecule has 0 saturated carbocycles. The van der Waals surface area contributed by atoms with Crippen molar-refractivity contribution < 1.29 is 4.74 Å². The van der Waals surface area contributed by atoms with Crippen molar-refractivity contribution in [1.82, 2.24) is 14.9 Å². The Morgan fingerprint density at radius 2 is 1.88 bits per heavy atom. The van der Waals surface area contributed by atoms with Gasteiger partial charge >= 0.3 is 0 Å². The van der Waals surface area contributed by atoms with Crippen molar-refractivity contribution >= 4 is 5.95 Å². The minimum Gasteiger partial charge on any atom is -0.372 e. The third-order valence-electron chi connectivity index (χ3n) is 3.07. The molecule has 5 nitrogen and oxygen atoms in total. The van der Waals surface area contributed by atoms with Gasteiger partial charge in [0.15, 0.2) is 0 Å². The first-order valence-electron chi connectivity index (χ1n) is 5.78. The molecule has 2 saturated heterocycles. The van der Waals surface area contributed by atoms with Gasteiger partial charge in [-0.3, -0.25) is 4.90 Å². The van der Waals surface area contributed by atoms with Crippen LogP contribution in [0.3, 0.4) is 0 Å². The highest BCUT2D eigenvalue weighted by Gasteiger charge is 2.27. The molecule has 0 aliphatic carbocycles. The van der Waals surface area contributed by atoms with Gasteiger partial charge in [-0.15, -0.1) is 0 Å². The van der Waals surface area contributed by atoms with Crippen LogP contribution in [0.25, 0.3) is 0 Å². The van der Waals surface area contributed by atoms with E-state index in [1.165, 1.54) is 0 Å². The van der Waals surface area contributed by atoms with E-state index in [1.54, 1.807) is 12.4 Å². The fourth-order valence-electron chi connectivity index (χ4n) is 2.05. The average molecular weight is 220 g/mol. The minimum absolute atomic E-state index is 0.500. The van der Waals surface area contributed by atoms with Gasteiger partial charge in [0.25, 0.3) is 0 Å². The Labute approximate surface area is 95.0 Å². The predicted molar refractivity (Wildman–Crippen MR) is 60.4 cm³/mol. The number of piperazine rings is 1. The number of nitrogens with zero attached hydrogens (tertiary/aromatic N) is 4. The maximum Gasteiger partial charge on any atom is 0.225 e. The van der Waals surface area contributed by atoms with Gasteiger partial charge in [0, 0.05) is 45.1 Å². The van der Waals surface area contributed by atoms with Crippen molar-refractivity contribution in [2.75, 3.05) is 44.2 Å². The lowest BCUT2D eigenvalue weighted by Gasteiger charge is -2.34. The third kappa shape index (κ3) is 2.31. The zero-order valence-electron chi connectivity index (χ0n) is 9.25. The summed E-state index contributed by atoms with van der Waals surface area (Å²) in [6, 6.07) is 1.85. The van der Waals surface area contributed by atoms with E-state index in [4.69, 9.17) is 4.74 Å². The van der Waals surface area contributed by atoms with Gasteiger partial charge < -0.3 is 9.64 Å². The normalized spacial score (nSPS) is 25.8. The molecule has 0 aromatic carbocycles. The molecule has 5 heteroatoms. The SMILES string of the molecule is c1cnc(N2CCN(CC3CO3)CC2)nc1. The molecule has 16 heavy (non-hydrogen) atoms. The predicted octanol–water partition coefficient (Wildman–Crippen LogP) is -0.00260. The largest absolute Gasteiger partial charge is 0.372 e. The molecule has 2 aliphatic rings. The Hall–Kier alpha value is -1.20. The van der Waals surface area contributed by atoms with Crippen LogP contribution in [0.1, 0.15) is 0 Å². The topological polar surface area (TPSA) is 44.8 Å². The van der Waals surface area contributed by atoms with Crippen molar-refractivity contribution in [3.8, 4) is 0 Å². The molecule has 0 radical (unpaired) electrons. The summed E-state index contributed by atoms with van der Waals surface area (Å²) in [7, 11) is 0. The molecule has 1 aromatic rings. The van der Waals surface area contributed by atoms with Gasteiger partial charge in [0.05, 0.1) is 12.7 Å². The number of hydrogen-bond donors (Lipinski definition) is 0. The van der Waals surface area contributed by atoms with Crippen molar-refractivity contribution in [3.63, 3.8) is 0 Å². The quantitative estimate of drug-likeness (QED) is 0.671. The van der Waals surface area contributed by atoms with Crippen LogP contribution in [0.4, 0.5) is 5.95 Å². The molecular weight excluding hydrogens is 204 g/mol. The molecule has 1 aromatic heterocycles. The Balaban J connectivity index is 1.53. The van der Waals surface area contributed by atoms with Crippen molar-refractivity contribution in [3.05, 3.63) is 18.5 Å². The monoisotopic (exact) mass is 220 g/mol. The lowest BCUT2D eigenvalue weighted by Crippen LogP contribution is -2.48. The highest BCUT2D eigenvalue weighted by atomic mass is 16.6. The average Bonchev–Trinajstić information content (AvgIpc) is 3.15. The summed E-state index contributed by atoms with van der Waals surface area (Å²) < 4.78 is 5.24. The van der Waals surface area contributed by atoms with Crippen LogP contribution in [0.15, 0.2) is 18.5 Å². The van der Waals surface area contributed by atoms with Gasteiger partial charge in [-0.05, 0) is 6.07 Å². The highest BCUT2D eigenvalue weighted by molar-refractivity contribution is 5.29. The van der Waals surface area contributed by atoms with E-state index >= 15 is 0 Å². The van der Waals surface area contributed by atoms with Gasteiger partial charge in [-0.1, -0.05) is 0 Å². The van der Waals surface area contributed by atoms with Crippen molar-refractivity contribution in [2.45, 2.75) is 6.10 Å². The Morgan fingerprint density at radius 3 is 2.50 bits per heavy atom. The maximum absolute atomic E-state index is 5.24. The van der Waals surface area contributed by atoms with E-state index in [2.05, 4.69) is 19.8 Å². The summed E-state index contributed by atoms with van der Waals surface area (Å²) >= 11 is 0. The summed E-state index contributed by atoms with van der Waals surface area (Å²) in [6.45, 7) is 6.22. The number of aromatic nitrogens is 2. The van der Waals surface area contributed by atoms with Crippen LogP contribution in [-0.2, 0) is 4.74 Å². The van der Waals surface area contributed by atoms with Crippen LogP contribution in [0, 0.1) is 0 Å². The molecule has 0 bridgehead atoms. The van der Waals surface area contributed by atoms with E-state index in [0.717, 1.165) is 45.3 Å². The number of hydrogen-bond acceptors (Lipinski definition) is 5. The molecule has 1 unspecified atom stereocenters. The molecule has 3 heterocycles. The number of rotatable bonds is 3. The zero-order valence-corrected chi connectivity index (χ0v) is 9.25. The van der Waals surface area contributed by atoms with Gasteiger partial charge in [0.1, 0.15) is 0 Å². The summed E-state index contributed by atoms with van der Waals surface area (Å²) in [5, 5.41) is 0. The van der Waals surface area contributed by atoms with E-state index in [9.17, 15) is 0 Å². The van der Waals surface area contributed by atoms with E-state index in [0.29, 0.717) is 6.10 Å². The first-order valence-corrected chi connectivity index (χ1v) is 5.78. The van der Waals surface area contributed by atoms with E-state index < -0.39 is 0 Å². The molecule has 0 amide bonds. The summed E-state index contributed by atoms with van der Waals surface area (Å²) in [4.78, 5) is 13.2. The van der Waals surface area contributed by atoms with Crippen LogP contribution < -0.4 is 4.90 Å². The second-order valence-electron chi connectivity index (χ2n) is 4.29. The van der Waals surface area contributed by atoms with Crippen LogP contribution in [-0.4, -0.2) is 60.3 Å². The lowest BCUT2D eigenvalue weighted by atomic mass is 10.3. The van der Waals surface area contributed by atoms with Crippen LogP contribution >= 0.6 is 0 Å². The zero-order chi connectivity index (χ0) is 10.8. The van der Waals surface area contributed by atoms with Crippen molar-refractivity contribution in [2.24, 2.45) is 0 Å². The van der Waals surface area contributed by atoms with Gasteiger partial charge in [-0.2, -0.15) is 0 Å². The van der Waals surface area contributed by atoms with Crippen LogP contribution in [0.2, 0.25) is 0 Å². The van der Waals surface area contributed by atoms with Crippen LogP contribution in [0.5, 0.6) is 0 Å². The van der Waals surface area contributed by atoms with E-state index in [1.807, 2.05) is 6.07 Å². The standard InChI is InChI=1S/C11H16N4O/c1-2-12-11(13-3-1)15-6-4-14(5-7-15)8-10-9-16-10/h1-3,10H,4-9H2. The molecule has 86 valence electrons. The Kier molecular flexibility index (Phi) is 2.71. The third-order valence-corrected chi connectivity index (χ3v) is 3.07. The molecule has 0 spiro atoms. The number of epoxide rings is 1. The molecular formula is C11H16N4O. The summed E-state index contributed by atoms with van der Waals surface area (Å²) in [5.74, 6) is 0.852. The number of anilines is 1. The highest BCUT2D eigenvalue weighted by Crippen LogP contribution is 2.14. The summed E-state index contributed by atoms with van der Waals surface area (Å²) in [5.41, 5.74) is 0. The number of ether oxygens (including phenoxy) is 1. The maximum atomic E-state index is 5.24. The second-order valence-corrected chi connectivity index (χ2v) is 4.29. The van der Waals surface area contributed by atoms with Gasteiger partial charge in [-0.25, -0.2) is 9.97 Å². The fraction of sp³-hybridized carbons (Fsp3) is 0.636. The minimum atomic E-state index is 0.500. The molecule has 2 fully saturated rings. The molecule has 0 N–H and O–H groups in total. The lowest BCUT2D eigenvalue weighted by molar-refractivity contribution is 0.229. The fourth-order valence-corrected chi connectivity index (χ4v) is 2.05. The Bertz CT molecular complexity index is 333.